The largest absolute Gasteiger partial charge is 0.447 e. The van der Waals surface area contributed by atoms with Crippen LogP contribution in [0.2, 0.25) is 0 Å². The van der Waals surface area contributed by atoms with Gasteiger partial charge in [-0.2, -0.15) is 0 Å². The van der Waals surface area contributed by atoms with Gasteiger partial charge in [0.1, 0.15) is 6.61 Å². The predicted octanol–water partition coefficient (Wildman–Crippen LogP) is 6.61. The molecule has 0 aromatic heterocycles. The maximum atomic E-state index is 13.4. The average Bonchev–Trinajstić information content (AvgIpc) is 3.56. The molecule has 2 aliphatic rings. The van der Waals surface area contributed by atoms with Crippen molar-refractivity contribution in [2.45, 2.75) is 111 Å². The van der Waals surface area contributed by atoms with E-state index in [-0.39, 0.29) is 35.6 Å². The molecular formula is C31H56N4O3. The number of urea groups is 1. The minimum atomic E-state index is -0.469. The van der Waals surface area contributed by atoms with Crippen molar-refractivity contribution in [3.05, 3.63) is 24.4 Å². The molecule has 3 N–H and O–H groups in total. The third kappa shape index (κ3) is 9.85. The summed E-state index contributed by atoms with van der Waals surface area (Å²) < 4.78 is 5.38. The zero-order chi connectivity index (χ0) is 28.5. The number of alkyl carbamates (subject to hydrolysis) is 1. The number of hydrogen-bond acceptors (Lipinski definition) is 4. The van der Waals surface area contributed by atoms with E-state index >= 15 is 0 Å². The standard InChI is InChI=1S/C31H56N4O3/c1-10-15-22(3)18-24-19-25(24)20-35(9)23(4)27(31(8)16-13-12-14-17-31)34-28(36)33-26(30(5,6)7)21-38-29(37)32-11-2/h24-27H,3-4,10-21H2,1-2,5-9H3,(H,32,37)(H2,33,34,36)/t24-,25-,26?,27?/m0/s1. The topological polar surface area (TPSA) is 82.7 Å². The number of carbonyl (C=O) groups excluding carboxylic acids is 2. The second-order valence-electron chi connectivity index (χ2n) is 13.1. The third-order valence-corrected chi connectivity index (χ3v) is 8.58. The van der Waals surface area contributed by atoms with E-state index in [4.69, 9.17) is 4.74 Å². The van der Waals surface area contributed by atoms with Crippen molar-refractivity contribution in [3.63, 3.8) is 0 Å². The zero-order valence-electron chi connectivity index (χ0n) is 25.4. The fraction of sp³-hybridized carbons (Fsp3) is 0.806. The number of nitrogens with one attached hydrogen (secondary N) is 3. The summed E-state index contributed by atoms with van der Waals surface area (Å²) in [5.41, 5.74) is 2.02. The van der Waals surface area contributed by atoms with Gasteiger partial charge in [0.05, 0.1) is 12.1 Å². The molecule has 7 nitrogen and oxygen atoms in total. The first kappa shape index (κ1) is 32.0. The first-order chi connectivity index (χ1) is 17.8. The maximum Gasteiger partial charge on any atom is 0.407 e. The van der Waals surface area contributed by atoms with Crippen LogP contribution >= 0.6 is 0 Å². The van der Waals surface area contributed by atoms with Crippen LogP contribution in [0.4, 0.5) is 9.59 Å². The van der Waals surface area contributed by atoms with E-state index < -0.39 is 6.09 Å². The second-order valence-corrected chi connectivity index (χ2v) is 13.1. The van der Waals surface area contributed by atoms with E-state index in [0.717, 1.165) is 50.3 Å². The number of allylic oxidation sites excluding steroid dienone is 1. The lowest BCUT2D eigenvalue weighted by Crippen LogP contribution is -2.57. The molecule has 2 saturated carbocycles. The minimum absolute atomic E-state index is 0.0476. The van der Waals surface area contributed by atoms with Crippen molar-refractivity contribution < 1.29 is 14.3 Å². The highest BCUT2D eigenvalue weighted by molar-refractivity contribution is 5.75. The van der Waals surface area contributed by atoms with E-state index in [2.05, 4.69) is 54.9 Å². The van der Waals surface area contributed by atoms with Gasteiger partial charge >= 0.3 is 12.1 Å². The molecular weight excluding hydrogens is 476 g/mol. The summed E-state index contributed by atoms with van der Waals surface area (Å²) in [5.74, 6) is 1.39. The van der Waals surface area contributed by atoms with Crippen LogP contribution in [0.3, 0.4) is 0 Å². The SMILES string of the molecule is C=C(CCC)C[C@H]1C[C@H]1CN(C)C(=C)C(NC(=O)NC(COC(=O)NCC)C(C)(C)C)C1(C)CCCCC1. The summed E-state index contributed by atoms with van der Waals surface area (Å²) in [6.45, 7) is 22.8. The summed E-state index contributed by atoms with van der Waals surface area (Å²) >= 11 is 0. The Morgan fingerprint density at radius 1 is 1.08 bits per heavy atom. The number of ether oxygens (including phenoxy) is 1. The molecule has 0 heterocycles. The molecule has 0 aromatic rings. The number of nitrogens with zero attached hydrogens (tertiary/aromatic N) is 1. The Labute approximate surface area is 232 Å². The lowest BCUT2D eigenvalue weighted by Gasteiger charge is -2.44. The van der Waals surface area contributed by atoms with Gasteiger partial charge in [-0.1, -0.05) is 79.0 Å². The molecule has 2 fully saturated rings. The van der Waals surface area contributed by atoms with Gasteiger partial charge in [-0.25, -0.2) is 9.59 Å². The van der Waals surface area contributed by atoms with E-state index in [1.807, 2.05) is 27.7 Å². The van der Waals surface area contributed by atoms with Crippen LogP contribution in [-0.2, 0) is 4.74 Å². The molecule has 2 unspecified atom stereocenters. The van der Waals surface area contributed by atoms with Crippen LogP contribution in [0.15, 0.2) is 24.4 Å². The second kappa shape index (κ2) is 14.3. The molecule has 4 atom stereocenters. The smallest absolute Gasteiger partial charge is 0.407 e. The highest BCUT2D eigenvalue weighted by Gasteiger charge is 2.42. The van der Waals surface area contributed by atoms with Gasteiger partial charge in [0.2, 0.25) is 0 Å². The maximum absolute atomic E-state index is 13.4. The quantitative estimate of drug-likeness (QED) is 0.220. The Kier molecular flexibility index (Phi) is 12.0. The lowest BCUT2D eigenvalue weighted by atomic mass is 9.69. The Hall–Kier alpha value is -2.18. The first-order valence-electron chi connectivity index (χ1n) is 14.8. The monoisotopic (exact) mass is 532 g/mol. The summed E-state index contributed by atoms with van der Waals surface area (Å²) in [7, 11) is 2.12. The van der Waals surface area contributed by atoms with Crippen molar-refractivity contribution in [1.82, 2.24) is 20.9 Å². The Balaban J connectivity index is 2.07. The molecule has 0 spiro atoms. The lowest BCUT2D eigenvalue weighted by molar-refractivity contribution is 0.106. The van der Waals surface area contributed by atoms with Crippen molar-refractivity contribution in [1.29, 1.82) is 0 Å². The van der Waals surface area contributed by atoms with Gasteiger partial charge in [0, 0.05) is 25.8 Å². The van der Waals surface area contributed by atoms with Crippen LogP contribution in [0.5, 0.6) is 0 Å². The number of amides is 3. The molecule has 2 aliphatic carbocycles. The summed E-state index contributed by atoms with van der Waals surface area (Å²) in [4.78, 5) is 27.6. The molecule has 0 bridgehead atoms. The molecule has 38 heavy (non-hydrogen) atoms. The average molecular weight is 533 g/mol. The van der Waals surface area contributed by atoms with Crippen molar-refractivity contribution in [2.75, 3.05) is 26.7 Å². The van der Waals surface area contributed by atoms with Crippen LogP contribution < -0.4 is 16.0 Å². The zero-order valence-corrected chi connectivity index (χ0v) is 25.4. The minimum Gasteiger partial charge on any atom is -0.447 e. The van der Waals surface area contributed by atoms with Crippen LogP contribution in [0.25, 0.3) is 0 Å². The van der Waals surface area contributed by atoms with Crippen LogP contribution in [-0.4, -0.2) is 55.9 Å². The van der Waals surface area contributed by atoms with Gasteiger partial charge in [-0.15, -0.1) is 0 Å². The van der Waals surface area contributed by atoms with Gasteiger partial charge < -0.3 is 25.6 Å². The normalized spacial score (nSPS) is 22.0. The number of likely N-dealkylation sites (N-methyl/N-ethyl adjacent to an activating group) is 1. The van der Waals surface area contributed by atoms with Crippen molar-refractivity contribution in [2.24, 2.45) is 22.7 Å². The van der Waals surface area contributed by atoms with Crippen molar-refractivity contribution >= 4 is 12.1 Å². The molecule has 0 aliphatic heterocycles. The number of hydrogen-bond donors (Lipinski definition) is 3. The highest BCUT2D eigenvalue weighted by Crippen LogP contribution is 2.45. The van der Waals surface area contributed by atoms with E-state index in [0.29, 0.717) is 12.5 Å². The fourth-order valence-electron chi connectivity index (χ4n) is 5.80. The first-order valence-corrected chi connectivity index (χ1v) is 14.8. The van der Waals surface area contributed by atoms with E-state index in [1.165, 1.54) is 31.3 Å². The molecule has 0 radical (unpaired) electrons. The number of rotatable bonds is 14. The van der Waals surface area contributed by atoms with Crippen LogP contribution in [0.1, 0.15) is 99.3 Å². The number of carbonyl (C=O) groups is 2. The third-order valence-electron chi connectivity index (χ3n) is 8.58. The fourth-order valence-corrected chi connectivity index (χ4v) is 5.80. The highest BCUT2D eigenvalue weighted by atomic mass is 16.5. The van der Waals surface area contributed by atoms with Crippen molar-refractivity contribution in [3.8, 4) is 0 Å². The molecule has 3 amide bonds. The summed E-state index contributed by atoms with van der Waals surface area (Å²) in [5, 5.41) is 9.06. The van der Waals surface area contributed by atoms with Gasteiger partial charge in [0.15, 0.2) is 0 Å². The van der Waals surface area contributed by atoms with E-state index in [1.54, 1.807) is 0 Å². The Morgan fingerprint density at radius 2 is 1.74 bits per heavy atom. The summed E-state index contributed by atoms with van der Waals surface area (Å²) in [6, 6.07) is -0.736. The molecule has 218 valence electrons. The molecule has 0 saturated heterocycles. The molecule has 2 rings (SSSR count). The van der Waals surface area contributed by atoms with E-state index in [9.17, 15) is 9.59 Å². The van der Waals surface area contributed by atoms with Gasteiger partial charge in [-0.3, -0.25) is 0 Å². The Bertz CT molecular complexity index is 812. The Morgan fingerprint density at radius 3 is 2.32 bits per heavy atom. The molecule has 0 aromatic carbocycles. The van der Waals surface area contributed by atoms with Gasteiger partial charge in [0.25, 0.3) is 0 Å². The predicted molar refractivity (Wildman–Crippen MR) is 157 cm³/mol. The van der Waals surface area contributed by atoms with Crippen LogP contribution in [0, 0.1) is 22.7 Å². The molecule has 7 heteroatoms. The summed E-state index contributed by atoms with van der Waals surface area (Å²) in [6.07, 6.45) is 9.90. The van der Waals surface area contributed by atoms with Gasteiger partial charge in [-0.05, 0) is 61.7 Å².